The molecule has 2 aromatic rings. The Morgan fingerprint density at radius 1 is 1.33 bits per heavy atom. The highest BCUT2D eigenvalue weighted by Crippen LogP contribution is 2.41. The molecule has 5 heteroatoms. The van der Waals surface area contributed by atoms with E-state index in [2.05, 4.69) is 49.2 Å². The van der Waals surface area contributed by atoms with Crippen LogP contribution < -0.4 is 11.3 Å². The van der Waals surface area contributed by atoms with E-state index in [1.165, 1.54) is 23.5 Å². The predicted octanol–water partition coefficient (Wildman–Crippen LogP) is 3.87. The van der Waals surface area contributed by atoms with E-state index in [9.17, 15) is 0 Å². The maximum atomic E-state index is 6.06. The Labute approximate surface area is 134 Å². The molecule has 3 atom stereocenters. The molecule has 1 aromatic carbocycles. The molecule has 2 heterocycles. The number of benzene rings is 1. The summed E-state index contributed by atoms with van der Waals surface area (Å²) in [5, 5.41) is 2.24. The van der Waals surface area contributed by atoms with Crippen LogP contribution in [0.3, 0.4) is 0 Å². The van der Waals surface area contributed by atoms with Crippen molar-refractivity contribution in [3.05, 3.63) is 35.6 Å². The second kappa shape index (κ2) is 6.65. The molecule has 0 spiro atoms. The second-order valence-corrected chi connectivity index (χ2v) is 8.12. The molecule has 0 saturated carbocycles. The lowest BCUT2D eigenvalue weighted by Gasteiger charge is -2.34. The van der Waals surface area contributed by atoms with E-state index in [4.69, 9.17) is 10.3 Å². The average Bonchev–Trinajstić information content (AvgIpc) is 2.91. The van der Waals surface area contributed by atoms with Gasteiger partial charge in [0.15, 0.2) is 0 Å². The summed E-state index contributed by atoms with van der Waals surface area (Å²) < 4.78 is 6.06. The minimum absolute atomic E-state index is 0.0699. The molecule has 3 unspecified atom stereocenters. The van der Waals surface area contributed by atoms with Gasteiger partial charge in [-0.25, -0.2) is 5.43 Å². The molecular weight excluding hydrogens is 300 g/mol. The number of rotatable bonds is 4. The van der Waals surface area contributed by atoms with Gasteiger partial charge >= 0.3 is 0 Å². The number of hydrogen-bond donors (Lipinski definition) is 2. The number of nitrogens with one attached hydrogen (secondary N) is 1. The molecule has 1 aliphatic heterocycles. The fourth-order valence-corrected chi connectivity index (χ4v) is 6.13. The highest BCUT2D eigenvalue weighted by atomic mass is 32.2. The number of thioether (sulfide) groups is 2. The van der Waals surface area contributed by atoms with E-state index < -0.39 is 0 Å². The maximum Gasteiger partial charge on any atom is 0.134 e. The average molecular weight is 322 g/mol. The third kappa shape index (κ3) is 3.11. The van der Waals surface area contributed by atoms with Gasteiger partial charge in [-0.05, 0) is 31.5 Å². The molecule has 0 bridgehead atoms. The zero-order valence-electron chi connectivity index (χ0n) is 12.5. The number of fused-ring (bicyclic) bond motifs is 1. The number of hydrazine groups is 1. The van der Waals surface area contributed by atoms with Gasteiger partial charge in [0.25, 0.3) is 0 Å². The number of furan rings is 1. The Hall–Kier alpha value is -0.620. The van der Waals surface area contributed by atoms with Crippen molar-refractivity contribution in [2.24, 2.45) is 5.84 Å². The Kier molecular flexibility index (Phi) is 4.84. The van der Waals surface area contributed by atoms with E-state index >= 15 is 0 Å². The first-order valence-electron chi connectivity index (χ1n) is 7.42. The van der Waals surface area contributed by atoms with Crippen LogP contribution in [0.4, 0.5) is 0 Å². The van der Waals surface area contributed by atoms with Crippen molar-refractivity contribution < 1.29 is 4.42 Å². The summed E-state index contributed by atoms with van der Waals surface area (Å²) in [5.41, 5.74) is 5.19. The van der Waals surface area contributed by atoms with Crippen molar-refractivity contribution in [2.75, 3.05) is 11.5 Å². The molecule has 3 rings (SSSR count). The van der Waals surface area contributed by atoms with Gasteiger partial charge in [-0.2, -0.15) is 23.5 Å². The first-order chi connectivity index (χ1) is 10.2. The fraction of sp³-hybridized carbons (Fsp3) is 0.500. The molecule has 3 N–H and O–H groups in total. The lowest BCUT2D eigenvalue weighted by Crippen LogP contribution is -2.41. The largest absolute Gasteiger partial charge is 0.459 e. The third-order valence-corrected chi connectivity index (χ3v) is 7.35. The van der Waals surface area contributed by atoms with Crippen LogP contribution in [0.25, 0.3) is 11.0 Å². The van der Waals surface area contributed by atoms with Crippen LogP contribution in [0.15, 0.2) is 28.7 Å². The number of hydrogen-bond acceptors (Lipinski definition) is 5. The minimum Gasteiger partial charge on any atom is -0.459 e. The molecule has 0 amide bonds. The van der Waals surface area contributed by atoms with Crippen LogP contribution in [-0.4, -0.2) is 22.0 Å². The summed E-state index contributed by atoms with van der Waals surface area (Å²) in [7, 11) is 0. The van der Waals surface area contributed by atoms with Gasteiger partial charge in [0.1, 0.15) is 11.3 Å². The van der Waals surface area contributed by atoms with Gasteiger partial charge in [-0.1, -0.05) is 18.6 Å². The standard InChI is InChI=1S/C16H22N2OS2/c1-3-14-16(21-7-6-20-14)15(18-17)13-9-11-8-10(2)4-5-12(11)19-13/h4-5,8-9,14-16,18H,3,6-7,17H2,1-2H3. The molecule has 3 nitrogen and oxygen atoms in total. The molecule has 21 heavy (non-hydrogen) atoms. The topological polar surface area (TPSA) is 51.2 Å². The van der Waals surface area contributed by atoms with Gasteiger partial charge in [0, 0.05) is 27.4 Å². The van der Waals surface area contributed by atoms with Gasteiger partial charge in [0.05, 0.1) is 6.04 Å². The van der Waals surface area contributed by atoms with Crippen molar-refractivity contribution in [1.82, 2.24) is 5.43 Å². The summed E-state index contributed by atoms with van der Waals surface area (Å²) in [4.78, 5) is 0. The van der Waals surface area contributed by atoms with Crippen molar-refractivity contribution in [1.29, 1.82) is 0 Å². The highest BCUT2D eigenvalue weighted by Gasteiger charge is 2.34. The lowest BCUT2D eigenvalue weighted by atomic mass is 10.1. The fourth-order valence-electron chi connectivity index (χ4n) is 2.92. The van der Waals surface area contributed by atoms with Gasteiger partial charge in [0.2, 0.25) is 0 Å². The summed E-state index contributed by atoms with van der Waals surface area (Å²) in [5.74, 6) is 9.24. The van der Waals surface area contributed by atoms with Crippen LogP contribution in [0.5, 0.6) is 0 Å². The number of nitrogens with two attached hydrogens (primary N) is 1. The number of aryl methyl sites for hydroxylation is 1. The molecule has 1 fully saturated rings. The molecule has 1 aliphatic rings. The Morgan fingerprint density at radius 3 is 2.90 bits per heavy atom. The first-order valence-corrected chi connectivity index (χ1v) is 9.52. The summed E-state index contributed by atoms with van der Waals surface area (Å²) >= 11 is 4.07. The summed E-state index contributed by atoms with van der Waals surface area (Å²) in [6, 6.07) is 8.50. The molecule has 114 valence electrons. The van der Waals surface area contributed by atoms with Crippen LogP contribution >= 0.6 is 23.5 Å². The zero-order valence-corrected chi connectivity index (χ0v) is 14.1. The Bertz CT molecular complexity index is 613. The molecule has 1 aromatic heterocycles. The van der Waals surface area contributed by atoms with Crippen LogP contribution in [-0.2, 0) is 0 Å². The van der Waals surface area contributed by atoms with E-state index in [0.29, 0.717) is 10.5 Å². The molecular formula is C16H22N2OS2. The minimum atomic E-state index is 0.0699. The first kappa shape index (κ1) is 15.3. The van der Waals surface area contributed by atoms with Crippen molar-refractivity contribution in [3.63, 3.8) is 0 Å². The van der Waals surface area contributed by atoms with Gasteiger partial charge in [-0.3, -0.25) is 5.84 Å². The maximum absolute atomic E-state index is 6.06. The molecule has 1 saturated heterocycles. The third-order valence-electron chi connectivity index (χ3n) is 4.00. The Morgan fingerprint density at radius 2 is 2.14 bits per heavy atom. The van der Waals surface area contributed by atoms with Crippen molar-refractivity contribution >= 4 is 34.5 Å². The lowest BCUT2D eigenvalue weighted by molar-refractivity contribution is 0.418. The SMILES string of the molecule is CCC1SCCSC1C(NN)c1cc2cc(C)ccc2o1. The Balaban J connectivity index is 1.93. The van der Waals surface area contributed by atoms with Crippen molar-refractivity contribution in [3.8, 4) is 0 Å². The summed E-state index contributed by atoms with van der Waals surface area (Å²) in [6.45, 7) is 4.36. The van der Waals surface area contributed by atoms with Gasteiger partial charge < -0.3 is 4.42 Å². The van der Waals surface area contributed by atoms with E-state index in [1.54, 1.807) is 0 Å². The molecule has 0 aliphatic carbocycles. The normalized spacial score (nSPS) is 24.3. The smallest absolute Gasteiger partial charge is 0.134 e. The van der Waals surface area contributed by atoms with E-state index in [1.807, 2.05) is 17.8 Å². The van der Waals surface area contributed by atoms with Crippen molar-refractivity contribution in [2.45, 2.75) is 36.8 Å². The second-order valence-electron chi connectivity index (χ2n) is 5.49. The van der Waals surface area contributed by atoms with Crippen LogP contribution in [0.1, 0.15) is 30.7 Å². The van der Waals surface area contributed by atoms with Crippen LogP contribution in [0, 0.1) is 6.92 Å². The van der Waals surface area contributed by atoms with E-state index in [-0.39, 0.29) is 6.04 Å². The monoisotopic (exact) mass is 322 g/mol. The molecule has 0 radical (unpaired) electrons. The van der Waals surface area contributed by atoms with Crippen LogP contribution in [0.2, 0.25) is 0 Å². The summed E-state index contributed by atoms with van der Waals surface area (Å²) in [6.07, 6.45) is 1.17. The van der Waals surface area contributed by atoms with E-state index in [0.717, 1.165) is 16.7 Å². The quantitative estimate of drug-likeness (QED) is 0.661. The highest BCUT2D eigenvalue weighted by molar-refractivity contribution is 8.07. The predicted molar refractivity (Wildman–Crippen MR) is 93.8 cm³/mol. The van der Waals surface area contributed by atoms with Gasteiger partial charge in [-0.15, -0.1) is 0 Å². The zero-order chi connectivity index (χ0) is 14.8.